The van der Waals surface area contributed by atoms with Crippen molar-refractivity contribution >= 4 is 37.8 Å². The standard InChI is InChI=1S/C14H22N4O2S3/c1-9-8-11(10(2)21-9)23(19,20)16-7-6-15-13-18-17-12(22-13)14(3,4)5/h8,16H,6-7H2,1-5H3,(H,15,18). The summed E-state index contributed by atoms with van der Waals surface area (Å²) < 4.78 is 27.1. The molecule has 2 aromatic rings. The zero-order valence-electron chi connectivity index (χ0n) is 13.9. The summed E-state index contributed by atoms with van der Waals surface area (Å²) in [5.74, 6) is 0. The van der Waals surface area contributed by atoms with E-state index in [1.54, 1.807) is 6.07 Å². The highest BCUT2D eigenvalue weighted by Gasteiger charge is 2.20. The van der Waals surface area contributed by atoms with Crippen LogP contribution in [0.1, 0.15) is 35.5 Å². The molecule has 2 rings (SSSR count). The van der Waals surface area contributed by atoms with Crippen molar-refractivity contribution in [2.75, 3.05) is 18.4 Å². The monoisotopic (exact) mass is 374 g/mol. The van der Waals surface area contributed by atoms with Crippen LogP contribution in [0.3, 0.4) is 0 Å². The number of aryl methyl sites for hydroxylation is 2. The number of rotatable bonds is 6. The van der Waals surface area contributed by atoms with Gasteiger partial charge in [0.15, 0.2) is 0 Å². The van der Waals surface area contributed by atoms with Gasteiger partial charge in [-0.05, 0) is 19.9 Å². The van der Waals surface area contributed by atoms with Gasteiger partial charge in [0.1, 0.15) is 5.01 Å². The van der Waals surface area contributed by atoms with Crippen molar-refractivity contribution in [3.63, 3.8) is 0 Å². The average Bonchev–Trinajstić information content (AvgIpc) is 3.01. The van der Waals surface area contributed by atoms with E-state index in [4.69, 9.17) is 0 Å². The summed E-state index contributed by atoms with van der Waals surface area (Å²) in [6.45, 7) is 10.7. The zero-order chi connectivity index (χ0) is 17.3. The van der Waals surface area contributed by atoms with Crippen molar-refractivity contribution in [3.8, 4) is 0 Å². The molecular formula is C14H22N4O2S3. The maximum atomic E-state index is 12.3. The Morgan fingerprint density at radius 2 is 1.83 bits per heavy atom. The minimum Gasteiger partial charge on any atom is -0.359 e. The largest absolute Gasteiger partial charge is 0.359 e. The number of nitrogens with zero attached hydrogens (tertiary/aromatic N) is 2. The number of nitrogens with one attached hydrogen (secondary N) is 2. The van der Waals surface area contributed by atoms with Crippen LogP contribution in [-0.2, 0) is 15.4 Å². The van der Waals surface area contributed by atoms with E-state index in [0.717, 1.165) is 14.8 Å². The van der Waals surface area contributed by atoms with Crippen LogP contribution in [0.25, 0.3) is 0 Å². The van der Waals surface area contributed by atoms with E-state index in [-0.39, 0.29) is 5.41 Å². The van der Waals surface area contributed by atoms with E-state index in [1.807, 2.05) is 13.8 Å². The van der Waals surface area contributed by atoms with Gasteiger partial charge in [-0.2, -0.15) is 0 Å². The van der Waals surface area contributed by atoms with Crippen LogP contribution >= 0.6 is 22.7 Å². The predicted molar refractivity (Wildman–Crippen MR) is 96.1 cm³/mol. The molecule has 0 aliphatic carbocycles. The molecule has 0 aliphatic heterocycles. The maximum Gasteiger partial charge on any atom is 0.241 e. The fraction of sp³-hybridized carbons (Fsp3) is 0.571. The molecule has 0 amide bonds. The van der Waals surface area contributed by atoms with E-state index in [9.17, 15) is 8.42 Å². The third-order valence-corrected chi connectivity index (χ3v) is 7.03. The Morgan fingerprint density at radius 1 is 1.13 bits per heavy atom. The number of aromatic nitrogens is 2. The van der Waals surface area contributed by atoms with Crippen LogP contribution in [0.15, 0.2) is 11.0 Å². The Balaban J connectivity index is 1.88. The highest BCUT2D eigenvalue weighted by Crippen LogP contribution is 2.27. The first kappa shape index (κ1) is 18.3. The van der Waals surface area contributed by atoms with Gasteiger partial charge in [-0.3, -0.25) is 0 Å². The third kappa shape index (κ3) is 4.72. The lowest BCUT2D eigenvalue weighted by Crippen LogP contribution is -2.29. The molecule has 0 unspecified atom stereocenters. The molecule has 9 heteroatoms. The number of anilines is 1. The van der Waals surface area contributed by atoms with E-state index in [1.165, 1.54) is 22.7 Å². The average molecular weight is 375 g/mol. The first-order valence-corrected chi connectivity index (χ1v) is 10.4. The topological polar surface area (TPSA) is 84.0 Å². The molecule has 2 heterocycles. The minimum absolute atomic E-state index is 0.0342. The summed E-state index contributed by atoms with van der Waals surface area (Å²) in [5.41, 5.74) is -0.0342. The molecule has 23 heavy (non-hydrogen) atoms. The van der Waals surface area contributed by atoms with Crippen LogP contribution in [-0.4, -0.2) is 31.7 Å². The summed E-state index contributed by atoms with van der Waals surface area (Å²) in [6, 6.07) is 1.70. The predicted octanol–water partition coefficient (Wildman–Crippen LogP) is 2.90. The normalized spacial score (nSPS) is 12.6. The van der Waals surface area contributed by atoms with Crippen LogP contribution in [0.2, 0.25) is 0 Å². The number of sulfonamides is 1. The Labute approximate surface area is 145 Å². The Bertz CT molecular complexity index is 772. The highest BCUT2D eigenvalue weighted by molar-refractivity contribution is 7.89. The van der Waals surface area contributed by atoms with Crippen molar-refractivity contribution in [1.29, 1.82) is 0 Å². The van der Waals surface area contributed by atoms with Crippen molar-refractivity contribution in [2.24, 2.45) is 0 Å². The summed E-state index contributed by atoms with van der Waals surface area (Å²) in [7, 11) is -3.45. The molecule has 2 aromatic heterocycles. The molecule has 0 radical (unpaired) electrons. The van der Waals surface area contributed by atoms with Crippen molar-refractivity contribution in [1.82, 2.24) is 14.9 Å². The Hall–Kier alpha value is -1.03. The van der Waals surface area contributed by atoms with Gasteiger partial charge in [0, 0.05) is 28.3 Å². The van der Waals surface area contributed by atoms with Gasteiger partial charge >= 0.3 is 0 Å². The SMILES string of the molecule is Cc1cc(S(=O)(=O)NCCNc2nnc(C(C)(C)C)s2)c(C)s1. The summed E-state index contributed by atoms with van der Waals surface area (Å²) in [4.78, 5) is 2.16. The Morgan fingerprint density at radius 3 is 2.35 bits per heavy atom. The van der Waals surface area contributed by atoms with E-state index < -0.39 is 10.0 Å². The fourth-order valence-corrected chi connectivity index (χ4v) is 5.32. The summed E-state index contributed by atoms with van der Waals surface area (Å²) in [5, 5.41) is 13.0. The summed E-state index contributed by atoms with van der Waals surface area (Å²) >= 11 is 2.98. The van der Waals surface area contributed by atoms with Crippen molar-refractivity contribution in [2.45, 2.75) is 44.9 Å². The molecule has 6 nitrogen and oxygen atoms in total. The van der Waals surface area contributed by atoms with E-state index in [0.29, 0.717) is 23.1 Å². The number of thiophene rings is 1. The van der Waals surface area contributed by atoms with Gasteiger partial charge in [-0.15, -0.1) is 21.5 Å². The van der Waals surface area contributed by atoms with Gasteiger partial charge in [-0.25, -0.2) is 13.1 Å². The minimum atomic E-state index is -3.45. The summed E-state index contributed by atoms with van der Waals surface area (Å²) in [6.07, 6.45) is 0. The number of hydrogen-bond donors (Lipinski definition) is 2. The molecule has 0 atom stereocenters. The molecule has 0 aliphatic rings. The van der Waals surface area contributed by atoms with Crippen LogP contribution in [0.4, 0.5) is 5.13 Å². The lowest BCUT2D eigenvalue weighted by atomic mass is 9.98. The molecule has 0 saturated carbocycles. The molecular weight excluding hydrogens is 352 g/mol. The van der Waals surface area contributed by atoms with E-state index in [2.05, 4.69) is 41.0 Å². The fourth-order valence-electron chi connectivity index (χ4n) is 1.90. The van der Waals surface area contributed by atoms with Gasteiger partial charge < -0.3 is 5.32 Å². The van der Waals surface area contributed by atoms with Crippen LogP contribution < -0.4 is 10.0 Å². The Kier molecular flexibility index (Phi) is 5.44. The molecule has 0 aromatic carbocycles. The zero-order valence-corrected chi connectivity index (χ0v) is 16.4. The van der Waals surface area contributed by atoms with Gasteiger partial charge in [0.2, 0.25) is 15.2 Å². The maximum absolute atomic E-state index is 12.3. The van der Waals surface area contributed by atoms with Gasteiger partial charge in [0.05, 0.1) is 4.90 Å². The highest BCUT2D eigenvalue weighted by atomic mass is 32.2. The molecule has 0 saturated heterocycles. The van der Waals surface area contributed by atoms with Crippen molar-refractivity contribution in [3.05, 3.63) is 20.8 Å². The van der Waals surface area contributed by atoms with Crippen LogP contribution in [0.5, 0.6) is 0 Å². The van der Waals surface area contributed by atoms with Gasteiger partial charge in [0.25, 0.3) is 0 Å². The number of hydrogen-bond acceptors (Lipinski definition) is 7. The molecule has 0 spiro atoms. The lowest BCUT2D eigenvalue weighted by molar-refractivity contribution is 0.578. The van der Waals surface area contributed by atoms with Crippen LogP contribution in [0, 0.1) is 13.8 Å². The third-order valence-electron chi connectivity index (χ3n) is 3.04. The van der Waals surface area contributed by atoms with E-state index >= 15 is 0 Å². The van der Waals surface area contributed by atoms with Gasteiger partial charge in [-0.1, -0.05) is 32.1 Å². The second-order valence-corrected chi connectivity index (χ2v) is 10.4. The second kappa shape index (κ2) is 6.84. The quantitative estimate of drug-likeness (QED) is 0.760. The first-order valence-electron chi connectivity index (χ1n) is 7.24. The second-order valence-electron chi connectivity index (χ2n) is 6.26. The molecule has 2 N–H and O–H groups in total. The molecule has 0 fully saturated rings. The smallest absolute Gasteiger partial charge is 0.241 e. The first-order chi connectivity index (χ1) is 10.6. The molecule has 0 bridgehead atoms. The lowest BCUT2D eigenvalue weighted by Gasteiger charge is -2.12. The van der Waals surface area contributed by atoms with Crippen molar-refractivity contribution < 1.29 is 8.42 Å². The molecule has 128 valence electrons.